The first-order valence-electron chi connectivity index (χ1n) is 6.37. The summed E-state index contributed by atoms with van der Waals surface area (Å²) in [6.07, 6.45) is 1.19. The van der Waals surface area contributed by atoms with Crippen LogP contribution < -0.4 is 5.32 Å². The summed E-state index contributed by atoms with van der Waals surface area (Å²) in [4.78, 5) is 32.8. The number of aliphatic carboxylic acids is 1. The number of carboxylic acid groups (broad SMARTS) is 1. The van der Waals surface area contributed by atoms with E-state index in [0.717, 1.165) is 6.07 Å². The lowest BCUT2D eigenvalue weighted by Crippen LogP contribution is -2.19. The van der Waals surface area contributed by atoms with Crippen LogP contribution >= 0.6 is 11.6 Å². The Labute approximate surface area is 134 Å². The SMILES string of the molecule is O=C(O)CCn1nccc1C(=O)Nc1ccc([N+](=O)[O-])cc1Cl. The van der Waals surface area contributed by atoms with Gasteiger partial charge in [0, 0.05) is 18.3 Å². The second-order valence-corrected chi connectivity index (χ2v) is 4.87. The second-order valence-electron chi connectivity index (χ2n) is 4.46. The minimum absolute atomic E-state index is 0.0177. The zero-order valence-corrected chi connectivity index (χ0v) is 12.4. The number of carbonyl (C=O) groups excluding carboxylic acids is 1. The van der Waals surface area contributed by atoms with Crippen molar-refractivity contribution in [3.8, 4) is 0 Å². The third kappa shape index (κ3) is 4.04. The standard InChI is InChI=1S/C13H11ClN4O5/c14-9-7-8(18(22)23)1-2-10(9)16-13(21)11-3-5-15-17(11)6-4-12(19)20/h1-3,5,7H,4,6H2,(H,16,21)(H,19,20). The number of nitrogens with zero attached hydrogens (tertiary/aromatic N) is 3. The number of halogens is 1. The Bertz CT molecular complexity index is 773. The average molecular weight is 339 g/mol. The van der Waals surface area contributed by atoms with Crippen molar-refractivity contribution >= 4 is 34.9 Å². The number of hydrogen-bond donors (Lipinski definition) is 2. The maximum Gasteiger partial charge on any atom is 0.305 e. The number of carboxylic acids is 1. The largest absolute Gasteiger partial charge is 0.481 e. The molecule has 0 saturated carbocycles. The van der Waals surface area contributed by atoms with Crippen molar-refractivity contribution in [1.82, 2.24) is 9.78 Å². The highest BCUT2D eigenvalue weighted by molar-refractivity contribution is 6.34. The molecule has 120 valence electrons. The molecule has 0 radical (unpaired) electrons. The third-order valence-electron chi connectivity index (χ3n) is 2.90. The molecule has 2 rings (SSSR count). The molecule has 0 fully saturated rings. The number of non-ortho nitro benzene ring substituents is 1. The van der Waals surface area contributed by atoms with Crippen LogP contribution in [0, 0.1) is 10.1 Å². The normalized spacial score (nSPS) is 10.3. The number of aryl methyl sites for hydroxylation is 1. The van der Waals surface area contributed by atoms with E-state index in [0.29, 0.717) is 0 Å². The number of nitro benzene ring substituents is 1. The lowest BCUT2D eigenvalue weighted by atomic mass is 10.2. The van der Waals surface area contributed by atoms with E-state index in [1.165, 1.54) is 29.1 Å². The topological polar surface area (TPSA) is 127 Å². The molecule has 0 bridgehead atoms. The van der Waals surface area contributed by atoms with Crippen molar-refractivity contribution in [2.45, 2.75) is 13.0 Å². The van der Waals surface area contributed by atoms with Crippen LogP contribution in [0.5, 0.6) is 0 Å². The van der Waals surface area contributed by atoms with E-state index < -0.39 is 16.8 Å². The van der Waals surface area contributed by atoms with Gasteiger partial charge in [-0.3, -0.25) is 24.4 Å². The summed E-state index contributed by atoms with van der Waals surface area (Å²) in [7, 11) is 0. The number of nitrogens with one attached hydrogen (secondary N) is 1. The minimum Gasteiger partial charge on any atom is -0.481 e. The predicted molar refractivity (Wildman–Crippen MR) is 80.5 cm³/mol. The van der Waals surface area contributed by atoms with Crippen molar-refractivity contribution in [3.05, 3.63) is 51.3 Å². The first-order valence-corrected chi connectivity index (χ1v) is 6.75. The second kappa shape index (κ2) is 6.88. The molecule has 1 aromatic heterocycles. The molecule has 2 aromatic rings. The van der Waals surface area contributed by atoms with Crippen molar-refractivity contribution in [2.75, 3.05) is 5.32 Å². The molecule has 9 nitrogen and oxygen atoms in total. The highest BCUT2D eigenvalue weighted by Gasteiger charge is 2.16. The number of carbonyl (C=O) groups is 2. The monoisotopic (exact) mass is 338 g/mol. The quantitative estimate of drug-likeness (QED) is 0.613. The zero-order chi connectivity index (χ0) is 17.0. The van der Waals surface area contributed by atoms with Gasteiger partial charge in [0.05, 0.1) is 28.6 Å². The average Bonchev–Trinajstić information content (AvgIpc) is 2.95. The predicted octanol–water partition coefficient (Wildman–Crippen LogP) is 2.17. The fourth-order valence-corrected chi connectivity index (χ4v) is 2.03. The number of anilines is 1. The highest BCUT2D eigenvalue weighted by Crippen LogP contribution is 2.27. The molecule has 0 atom stereocenters. The fourth-order valence-electron chi connectivity index (χ4n) is 1.81. The van der Waals surface area contributed by atoms with Gasteiger partial charge in [0.25, 0.3) is 11.6 Å². The van der Waals surface area contributed by atoms with E-state index in [9.17, 15) is 19.7 Å². The molecule has 1 amide bonds. The number of rotatable bonds is 6. The molecule has 10 heteroatoms. The van der Waals surface area contributed by atoms with E-state index in [1.54, 1.807) is 0 Å². The van der Waals surface area contributed by atoms with Crippen molar-refractivity contribution in [3.63, 3.8) is 0 Å². The van der Waals surface area contributed by atoms with Crippen molar-refractivity contribution < 1.29 is 19.6 Å². The Morgan fingerprint density at radius 2 is 2.13 bits per heavy atom. The molecule has 0 unspecified atom stereocenters. The van der Waals surface area contributed by atoms with E-state index in [-0.39, 0.29) is 35.1 Å². The summed E-state index contributed by atoms with van der Waals surface area (Å²) in [6, 6.07) is 5.08. The van der Waals surface area contributed by atoms with E-state index >= 15 is 0 Å². The van der Waals surface area contributed by atoms with Gasteiger partial charge in [0.15, 0.2) is 0 Å². The maximum absolute atomic E-state index is 12.2. The van der Waals surface area contributed by atoms with Crippen LogP contribution in [0.1, 0.15) is 16.9 Å². The Kier molecular flexibility index (Phi) is 4.91. The third-order valence-corrected chi connectivity index (χ3v) is 3.21. The van der Waals surface area contributed by atoms with Crippen LogP contribution in [0.25, 0.3) is 0 Å². The summed E-state index contributed by atoms with van der Waals surface area (Å²) in [5, 5.41) is 25.7. The Morgan fingerprint density at radius 3 is 2.74 bits per heavy atom. The lowest BCUT2D eigenvalue weighted by Gasteiger charge is -2.09. The van der Waals surface area contributed by atoms with Crippen molar-refractivity contribution in [2.24, 2.45) is 0 Å². The van der Waals surface area contributed by atoms with Gasteiger partial charge in [0.2, 0.25) is 0 Å². The van der Waals surface area contributed by atoms with E-state index in [4.69, 9.17) is 16.7 Å². The molecule has 0 aliphatic carbocycles. The van der Waals surface area contributed by atoms with Crippen LogP contribution in [-0.4, -0.2) is 31.7 Å². The first kappa shape index (κ1) is 16.4. The van der Waals surface area contributed by atoms with Gasteiger partial charge in [0.1, 0.15) is 5.69 Å². The number of nitro groups is 1. The molecule has 0 aliphatic rings. The molecular weight excluding hydrogens is 328 g/mol. The number of benzene rings is 1. The summed E-state index contributed by atoms with van der Waals surface area (Å²) >= 11 is 5.90. The smallest absolute Gasteiger partial charge is 0.305 e. The molecule has 0 spiro atoms. The molecule has 0 saturated heterocycles. The lowest BCUT2D eigenvalue weighted by molar-refractivity contribution is -0.384. The van der Waals surface area contributed by atoms with Crippen LogP contribution in [0.3, 0.4) is 0 Å². The summed E-state index contributed by atoms with van der Waals surface area (Å²) in [5.74, 6) is -1.56. The van der Waals surface area contributed by atoms with E-state index in [1.807, 2.05) is 0 Å². The zero-order valence-electron chi connectivity index (χ0n) is 11.6. The first-order chi connectivity index (χ1) is 10.9. The summed E-state index contributed by atoms with van der Waals surface area (Å²) < 4.78 is 1.25. The van der Waals surface area contributed by atoms with Gasteiger partial charge in [-0.1, -0.05) is 11.6 Å². The summed E-state index contributed by atoms with van der Waals surface area (Å²) in [5.41, 5.74) is 0.161. The fraction of sp³-hybridized carbons (Fsp3) is 0.154. The Morgan fingerprint density at radius 1 is 1.39 bits per heavy atom. The summed E-state index contributed by atoms with van der Waals surface area (Å²) in [6.45, 7) is 0.0408. The van der Waals surface area contributed by atoms with Gasteiger partial charge in [-0.05, 0) is 12.1 Å². The van der Waals surface area contributed by atoms with Crippen LogP contribution in [0.4, 0.5) is 11.4 Å². The van der Waals surface area contributed by atoms with Crippen LogP contribution in [0.2, 0.25) is 5.02 Å². The Balaban J connectivity index is 2.15. The van der Waals surface area contributed by atoms with Gasteiger partial charge in [-0.25, -0.2) is 0 Å². The molecule has 2 N–H and O–H groups in total. The molecular formula is C13H11ClN4O5. The number of hydrogen-bond acceptors (Lipinski definition) is 5. The molecule has 1 heterocycles. The maximum atomic E-state index is 12.2. The van der Waals surface area contributed by atoms with Gasteiger partial charge in [-0.2, -0.15) is 5.10 Å². The van der Waals surface area contributed by atoms with Gasteiger partial charge < -0.3 is 10.4 Å². The minimum atomic E-state index is -1.01. The number of amides is 1. The van der Waals surface area contributed by atoms with E-state index in [2.05, 4.69) is 10.4 Å². The van der Waals surface area contributed by atoms with Gasteiger partial charge >= 0.3 is 5.97 Å². The van der Waals surface area contributed by atoms with Gasteiger partial charge in [-0.15, -0.1) is 0 Å². The Hall–Kier alpha value is -2.94. The van der Waals surface area contributed by atoms with Crippen LogP contribution in [0.15, 0.2) is 30.5 Å². The molecule has 23 heavy (non-hydrogen) atoms. The number of aromatic nitrogens is 2. The molecule has 1 aromatic carbocycles. The van der Waals surface area contributed by atoms with Crippen molar-refractivity contribution in [1.29, 1.82) is 0 Å². The highest BCUT2D eigenvalue weighted by atomic mass is 35.5. The molecule has 0 aliphatic heterocycles. The van der Waals surface area contributed by atoms with Crippen LogP contribution in [-0.2, 0) is 11.3 Å².